The maximum Gasteiger partial charge on any atom is 0.351 e. The minimum absolute atomic E-state index is 0.0249. The lowest BCUT2D eigenvalue weighted by atomic mass is 9.97. The Morgan fingerprint density at radius 1 is 1.47 bits per heavy atom. The van der Waals surface area contributed by atoms with Crippen molar-refractivity contribution in [1.29, 1.82) is 0 Å². The molecule has 1 aliphatic rings. The number of benzene rings is 1. The van der Waals surface area contributed by atoms with E-state index in [1.165, 1.54) is 16.8 Å². The predicted molar refractivity (Wildman–Crippen MR) is 123 cm³/mol. The van der Waals surface area contributed by atoms with Gasteiger partial charge in [-0.05, 0) is 40.6 Å². The highest BCUT2D eigenvalue weighted by atomic mass is 127. The van der Waals surface area contributed by atoms with Crippen LogP contribution in [0.25, 0.3) is 0 Å². The Kier molecular flexibility index (Phi) is 7.82. The molecular formula is C20H25IN4O7. The summed E-state index contributed by atoms with van der Waals surface area (Å²) in [6, 6.07) is 4.94. The van der Waals surface area contributed by atoms with Crippen LogP contribution in [-0.4, -0.2) is 43.5 Å². The molecule has 0 radical (unpaired) electrons. The Hall–Kier alpha value is -2.13. The van der Waals surface area contributed by atoms with Crippen molar-refractivity contribution in [2.45, 2.75) is 51.4 Å². The summed E-state index contributed by atoms with van der Waals surface area (Å²) in [4.78, 5) is 27.3. The summed E-state index contributed by atoms with van der Waals surface area (Å²) < 4.78 is 13.5. The zero-order valence-corrected chi connectivity index (χ0v) is 19.7. The molecule has 32 heavy (non-hydrogen) atoms. The highest BCUT2D eigenvalue weighted by molar-refractivity contribution is 14.1. The van der Waals surface area contributed by atoms with Gasteiger partial charge in [0, 0.05) is 27.8 Å². The summed E-state index contributed by atoms with van der Waals surface area (Å²) in [5.41, 5.74) is 6.08. The number of halogens is 1. The third-order valence-electron chi connectivity index (χ3n) is 5.27. The molecule has 0 unspecified atom stereocenters. The standard InChI is InChI=1S/C20H25IN4O7/c1-10(2)18(13-4-3-12(21)5-14(13)25(29)30)31-9-11-7-24(20(28)23-19(11)22)17-6-15(27)16(8-26)32-17/h3-5,7,10,15-18,26-27H,6,8-9H2,1-2H3,(H2,22,23,28)/t15-,16+,17+,18+/m0/s1. The number of nitrogens with zero attached hydrogens (tertiary/aromatic N) is 3. The quantitative estimate of drug-likeness (QED) is 0.249. The van der Waals surface area contributed by atoms with E-state index in [0.29, 0.717) is 11.1 Å². The molecule has 0 aliphatic carbocycles. The number of anilines is 1. The molecule has 0 bridgehead atoms. The second kappa shape index (κ2) is 10.2. The van der Waals surface area contributed by atoms with E-state index >= 15 is 0 Å². The van der Waals surface area contributed by atoms with Crippen LogP contribution in [-0.2, 0) is 16.1 Å². The summed E-state index contributed by atoms with van der Waals surface area (Å²) in [5.74, 6) is -0.115. The molecule has 4 N–H and O–H groups in total. The van der Waals surface area contributed by atoms with Crippen LogP contribution in [0.1, 0.15) is 43.7 Å². The Balaban J connectivity index is 1.87. The van der Waals surface area contributed by atoms with Gasteiger partial charge in [-0.3, -0.25) is 14.7 Å². The van der Waals surface area contributed by atoms with Crippen LogP contribution < -0.4 is 11.4 Å². The van der Waals surface area contributed by atoms with Crippen molar-refractivity contribution >= 4 is 34.1 Å². The first kappa shape index (κ1) is 24.5. The fourth-order valence-electron chi connectivity index (χ4n) is 3.63. The Morgan fingerprint density at radius 2 is 2.19 bits per heavy atom. The van der Waals surface area contributed by atoms with Crippen LogP contribution >= 0.6 is 22.6 Å². The predicted octanol–water partition coefficient (Wildman–Crippen LogP) is 1.89. The zero-order valence-electron chi connectivity index (χ0n) is 17.6. The first-order chi connectivity index (χ1) is 15.1. The fraction of sp³-hybridized carbons (Fsp3) is 0.500. The summed E-state index contributed by atoms with van der Waals surface area (Å²) in [7, 11) is 0. The molecule has 11 nitrogen and oxygen atoms in total. The van der Waals surface area contributed by atoms with Crippen molar-refractivity contribution in [3.8, 4) is 0 Å². The number of nitrogens with two attached hydrogens (primary N) is 1. The molecule has 12 heteroatoms. The van der Waals surface area contributed by atoms with Gasteiger partial charge < -0.3 is 25.4 Å². The van der Waals surface area contributed by atoms with Gasteiger partial charge in [0.15, 0.2) is 0 Å². The molecule has 0 saturated carbocycles. The van der Waals surface area contributed by atoms with E-state index in [9.17, 15) is 25.1 Å². The zero-order chi connectivity index (χ0) is 23.6. The van der Waals surface area contributed by atoms with Crippen LogP contribution in [0.4, 0.5) is 11.5 Å². The van der Waals surface area contributed by atoms with Crippen molar-refractivity contribution in [3.63, 3.8) is 0 Å². The summed E-state index contributed by atoms with van der Waals surface area (Å²) in [6.07, 6.45) is -1.56. The lowest BCUT2D eigenvalue weighted by molar-refractivity contribution is -0.386. The number of hydrogen-bond acceptors (Lipinski definition) is 9. The topological polar surface area (TPSA) is 163 Å². The average molecular weight is 560 g/mol. The molecule has 0 amide bonds. The van der Waals surface area contributed by atoms with E-state index in [4.69, 9.17) is 15.2 Å². The molecule has 1 aliphatic heterocycles. The van der Waals surface area contributed by atoms with Crippen molar-refractivity contribution in [3.05, 3.63) is 59.7 Å². The normalized spacial score (nSPS) is 21.8. The fourth-order valence-corrected chi connectivity index (χ4v) is 4.10. The van der Waals surface area contributed by atoms with Crippen molar-refractivity contribution in [2.24, 2.45) is 5.92 Å². The maximum absolute atomic E-state index is 12.3. The molecule has 4 atom stereocenters. The molecule has 1 saturated heterocycles. The van der Waals surface area contributed by atoms with E-state index in [1.807, 2.05) is 36.4 Å². The van der Waals surface area contributed by atoms with Gasteiger partial charge >= 0.3 is 5.69 Å². The van der Waals surface area contributed by atoms with Gasteiger partial charge in [0.1, 0.15) is 18.1 Å². The number of nitro groups is 1. The van der Waals surface area contributed by atoms with E-state index in [1.54, 1.807) is 12.1 Å². The van der Waals surface area contributed by atoms with Crippen LogP contribution in [0, 0.1) is 19.6 Å². The van der Waals surface area contributed by atoms with Gasteiger partial charge in [-0.1, -0.05) is 13.8 Å². The second-order valence-electron chi connectivity index (χ2n) is 7.89. The average Bonchev–Trinajstić information content (AvgIpc) is 3.10. The number of rotatable bonds is 8. The van der Waals surface area contributed by atoms with Gasteiger partial charge in [-0.15, -0.1) is 0 Å². The van der Waals surface area contributed by atoms with Gasteiger partial charge in [0.05, 0.1) is 35.9 Å². The van der Waals surface area contributed by atoms with E-state index < -0.39 is 35.2 Å². The van der Waals surface area contributed by atoms with Crippen LogP contribution in [0.3, 0.4) is 0 Å². The molecule has 1 aromatic heterocycles. The first-order valence-corrected chi connectivity index (χ1v) is 11.1. The SMILES string of the molecule is CC(C)[C@@H](OCc1cn([C@H]2C[C@H](O)[C@@H](CO)O2)c(=O)nc1N)c1ccc(I)cc1[N+](=O)[O-]. The molecule has 2 heterocycles. The molecular weight excluding hydrogens is 535 g/mol. The molecule has 0 spiro atoms. The Bertz CT molecular complexity index is 1050. The molecule has 1 fully saturated rings. The maximum atomic E-state index is 12.3. The second-order valence-corrected chi connectivity index (χ2v) is 9.14. The van der Waals surface area contributed by atoms with Gasteiger partial charge in [0.25, 0.3) is 5.69 Å². The van der Waals surface area contributed by atoms with Gasteiger partial charge in [-0.25, -0.2) is 4.79 Å². The largest absolute Gasteiger partial charge is 0.394 e. The van der Waals surface area contributed by atoms with Crippen LogP contribution in [0.2, 0.25) is 0 Å². The number of aliphatic hydroxyl groups is 2. The summed E-state index contributed by atoms with van der Waals surface area (Å²) in [5, 5.41) is 30.8. The number of hydrogen-bond donors (Lipinski definition) is 3. The molecule has 2 aromatic rings. The highest BCUT2D eigenvalue weighted by Crippen LogP contribution is 2.35. The first-order valence-electron chi connectivity index (χ1n) is 9.99. The third kappa shape index (κ3) is 5.26. The molecule has 3 rings (SSSR count). The van der Waals surface area contributed by atoms with Gasteiger partial charge in [-0.2, -0.15) is 4.98 Å². The number of nitrogen functional groups attached to an aromatic ring is 1. The smallest absolute Gasteiger partial charge is 0.351 e. The summed E-state index contributed by atoms with van der Waals surface area (Å²) >= 11 is 2.01. The highest BCUT2D eigenvalue weighted by Gasteiger charge is 2.35. The number of aromatic nitrogens is 2. The Morgan fingerprint density at radius 3 is 2.78 bits per heavy atom. The molecule has 174 valence electrons. The van der Waals surface area contributed by atoms with Crippen LogP contribution in [0.15, 0.2) is 29.2 Å². The summed E-state index contributed by atoms with van der Waals surface area (Å²) in [6.45, 7) is 3.34. The van der Waals surface area contributed by atoms with Crippen LogP contribution in [0.5, 0.6) is 0 Å². The lowest BCUT2D eigenvalue weighted by Crippen LogP contribution is -2.29. The van der Waals surface area contributed by atoms with Crippen molar-refractivity contribution in [2.75, 3.05) is 12.3 Å². The van der Waals surface area contributed by atoms with Crippen molar-refractivity contribution in [1.82, 2.24) is 9.55 Å². The van der Waals surface area contributed by atoms with E-state index in [0.717, 1.165) is 3.57 Å². The lowest BCUT2D eigenvalue weighted by Gasteiger charge is -2.23. The minimum atomic E-state index is -0.916. The number of ether oxygens (including phenoxy) is 2. The number of aliphatic hydroxyl groups excluding tert-OH is 2. The molecule has 1 aromatic carbocycles. The third-order valence-corrected chi connectivity index (χ3v) is 5.95. The van der Waals surface area contributed by atoms with Gasteiger partial charge in [0.2, 0.25) is 0 Å². The minimum Gasteiger partial charge on any atom is -0.394 e. The van der Waals surface area contributed by atoms with Crippen molar-refractivity contribution < 1.29 is 24.6 Å². The number of nitro benzene ring substituents is 1. The van der Waals surface area contributed by atoms with E-state index in [2.05, 4.69) is 4.98 Å². The Labute approximate surface area is 197 Å². The monoisotopic (exact) mass is 560 g/mol. The van der Waals surface area contributed by atoms with E-state index in [-0.39, 0.29) is 37.1 Å².